The normalized spacial score (nSPS) is 13.4. The lowest BCUT2D eigenvalue weighted by atomic mass is 9.93. The van der Waals surface area contributed by atoms with Gasteiger partial charge in [0, 0.05) is 49.1 Å². The molecule has 0 amide bonds. The molecule has 174 valence electrons. The summed E-state index contributed by atoms with van der Waals surface area (Å²) < 4.78 is 20.0. The van der Waals surface area contributed by atoms with Crippen molar-refractivity contribution < 1.29 is 9.13 Å². The van der Waals surface area contributed by atoms with Crippen LogP contribution in [0, 0.1) is 17.1 Å². The number of rotatable bonds is 4. The van der Waals surface area contributed by atoms with Crippen LogP contribution in [0.25, 0.3) is 33.4 Å². The first-order valence-corrected chi connectivity index (χ1v) is 10.6. The van der Waals surface area contributed by atoms with Crippen molar-refractivity contribution in [2.24, 2.45) is 0 Å². The first-order chi connectivity index (χ1) is 16.1. The highest BCUT2D eigenvalue weighted by Crippen LogP contribution is 2.39. The zero-order valence-electron chi connectivity index (χ0n) is 18.4. The number of methoxy groups -OCH3 is 1. The van der Waals surface area contributed by atoms with Gasteiger partial charge in [-0.1, -0.05) is 12.1 Å². The number of hydrogen-bond donors (Lipinski definition) is 3. The molecule has 0 spiro atoms. The van der Waals surface area contributed by atoms with E-state index in [1.807, 2.05) is 24.3 Å². The second-order valence-corrected chi connectivity index (χ2v) is 7.79. The molecule has 34 heavy (non-hydrogen) atoms. The smallest absolute Gasteiger partial charge is 0.184 e. The molecule has 8 nitrogen and oxygen atoms in total. The molecule has 0 saturated carbocycles. The zero-order chi connectivity index (χ0) is 22.9. The van der Waals surface area contributed by atoms with E-state index < -0.39 is 5.82 Å². The van der Waals surface area contributed by atoms with Crippen molar-refractivity contribution in [2.75, 3.05) is 43.9 Å². The van der Waals surface area contributed by atoms with Gasteiger partial charge < -0.3 is 20.7 Å². The van der Waals surface area contributed by atoms with Crippen molar-refractivity contribution in [1.82, 2.24) is 20.5 Å². The van der Waals surface area contributed by atoms with E-state index in [1.165, 1.54) is 13.2 Å². The van der Waals surface area contributed by atoms with E-state index in [1.54, 1.807) is 12.1 Å². The molecule has 5 rings (SSSR count). The third-order valence-electron chi connectivity index (χ3n) is 5.91. The summed E-state index contributed by atoms with van der Waals surface area (Å²) in [5.41, 5.74) is 9.57. The predicted octanol–water partition coefficient (Wildman–Crippen LogP) is 3.72. The molecule has 10 heteroatoms. The number of nitrogens with one attached hydrogen (secondary N) is 2. The Morgan fingerprint density at radius 3 is 2.53 bits per heavy atom. The molecule has 1 aliphatic rings. The number of anilines is 2. The Kier molecular flexibility index (Phi) is 6.54. The minimum absolute atomic E-state index is 0. The molecule has 1 fully saturated rings. The van der Waals surface area contributed by atoms with Crippen molar-refractivity contribution in [3.05, 3.63) is 53.8 Å². The van der Waals surface area contributed by atoms with Gasteiger partial charge in [-0.05, 0) is 29.8 Å². The van der Waals surface area contributed by atoms with Gasteiger partial charge in [0.15, 0.2) is 5.65 Å². The lowest BCUT2D eigenvalue weighted by molar-refractivity contribution is 0.411. The second kappa shape index (κ2) is 9.55. The topological polar surface area (TPSA) is 116 Å². The summed E-state index contributed by atoms with van der Waals surface area (Å²) in [4.78, 5) is 6.79. The summed E-state index contributed by atoms with van der Waals surface area (Å²) in [5.74, 6) is 0.140. The fraction of sp³-hybridized carbons (Fsp3) is 0.208. The Bertz CT molecular complexity index is 1380. The minimum Gasteiger partial charge on any atom is -0.497 e. The Morgan fingerprint density at radius 2 is 1.88 bits per heavy atom. The molecule has 1 saturated heterocycles. The predicted molar refractivity (Wildman–Crippen MR) is 133 cm³/mol. The van der Waals surface area contributed by atoms with Crippen LogP contribution in [-0.4, -0.2) is 48.5 Å². The minimum atomic E-state index is -0.541. The highest BCUT2D eigenvalue weighted by atomic mass is 35.5. The van der Waals surface area contributed by atoms with Crippen LogP contribution in [-0.2, 0) is 0 Å². The number of fused-ring (bicyclic) bond motifs is 1. The number of aromatic nitrogens is 3. The van der Waals surface area contributed by atoms with Gasteiger partial charge in [-0.25, -0.2) is 9.37 Å². The summed E-state index contributed by atoms with van der Waals surface area (Å²) >= 11 is 0. The molecule has 0 unspecified atom stereocenters. The maximum Gasteiger partial charge on any atom is 0.184 e. The Hall–Kier alpha value is -3.87. The van der Waals surface area contributed by atoms with Crippen LogP contribution in [0.2, 0.25) is 0 Å². The highest BCUT2D eigenvalue weighted by Gasteiger charge is 2.23. The highest BCUT2D eigenvalue weighted by molar-refractivity contribution is 6.04. The maximum absolute atomic E-state index is 14.9. The van der Waals surface area contributed by atoms with Crippen molar-refractivity contribution in [1.29, 1.82) is 5.26 Å². The summed E-state index contributed by atoms with van der Waals surface area (Å²) in [6.45, 7) is 3.73. The van der Waals surface area contributed by atoms with Crippen LogP contribution >= 0.6 is 12.4 Å². The molecule has 2 aromatic heterocycles. The van der Waals surface area contributed by atoms with E-state index in [-0.39, 0.29) is 29.2 Å². The standard InChI is InChI=1S/C24H22FN7O.ClH/c1-33-16-6-7-17(19(25)12-16)22-18(13-26)20(21-23(27)30-31-24(21)29-22)14-2-4-15(5-3-14)32-10-8-28-9-11-32;/h2-7,12,28H,8-11H2,1H3,(H3,27,29,30,31);1H. The Morgan fingerprint density at radius 1 is 1.15 bits per heavy atom. The first-order valence-electron chi connectivity index (χ1n) is 10.6. The average Bonchev–Trinajstić information content (AvgIpc) is 3.23. The number of H-pyrrole nitrogens is 1. The van der Waals surface area contributed by atoms with E-state index in [4.69, 9.17) is 10.5 Å². The number of ether oxygens (including phenoxy) is 1. The summed E-state index contributed by atoms with van der Waals surface area (Å²) in [5, 5.41) is 21.0. The van der Waals surface area contributed by atoms with Crippen molar-refractivity contribution >= 4 is 34.9 Å². The van der Waals surface area contributed by atoms with Crippen LogP contribution in [0.3, 0.4) is 0 Å². The molecule has 0 atom stereocenters. The van der Waals surface area contributed by atoms with E-state index in [9.17, 15) is 9.65 Å². The Balaban J connectivity index is 0.00000274. The van der Waals surface area contributed by atoms with Crippen LogP contribution in [0.15, 0.2) is 42.5 Å². The van der Waals surface area contributed by atoms with Crippen molar-refractivity contribution in [2.45, 2.75) is 0 Å². The number of benzene rings is 2. The van der Waals surface area contributed by atoms with Crippen molar-refractivity contribution in [3.8, 4) is 34.2 Å². The van der Waals surface area contributed by atoms with Gasteiger partial charge in [0.2, 0.25) is 0 Å². The van der Waals surface area contributed by atoms with Crippen LogP contribution in [0.1, 0.15) is 5.56 Å². The molecule has 0 aliphatic carbocycles. The number of nitriles is 1. The van der Waals surface area contributed by atoms with Crippen molar-refractivity contribution in [3.63, 3.8) is 0 Å². The molecule has 1 aliphatic heterocycles. The average molecular weight is 480 g/mol. The number of nitrogens with zero attached hydrogens (tertiary/aromatic N) is 4. The molecule has 0 bridgehead atoms. The third-order valence-corrected chi connectivity index (χ3v) is 5.91. The summed E-state index contributed by atoms with van der Waals surface area (Å²) in [6.07, 6.45) is 0. The number of piperazine rings is 1. The lowest BCUT2D eigenvalue weighted by Gasteiger charge is -2.29. The molecule has 0 radical (unpaired) electrons. The van der Waals surface area contributed by atoms with E-state index >= 15 is 0 Å². The lowest BCUT2D eigenvalue weighted by Crippen LogP contribution is -2.43. The number of hydrogen-bond acceptors (Lipinski definition) is 7. The summed E-state index contributed by atoms with van der Waals surface area (Å²) in [7, 11) is 1.47. The second-order valence-electron chi connectivity index (χ2n) is 7.79. The number of nitrogen functional groups attached to an aromatic ring is 1. The number of nitrogens with two attached hydrogens (primary N) is 1. The largest absolute Gasteiger partial charge is 0.497 e. The van der Waals surface area contributed by atoms with Gasteiger partial charge >= 0.3 is 0 Å². The maximum atomic E-state index is 14.9. The molecule has 4 N–H and O–H groups in total. The van der Waals surface area contributed by atoms with Crippen LogP contribution in [0.4, 0.5) is 15.9 Å². The summed E-state index contributed by atoms with van der Waals surface area (Å²) in [6, 6.07) is 14.6. The molecular weight excluding hydrogens is 457 g/mol. The van der Waals surface area contributed by atoms with Gasteiger partial charge in [0.25, 0.3) is 0 Å². The first kappa shape index (κ1) is 23.3. The van der Waals surface area contributed by atoms with Gasteiger partial charge in [-0.3, -0.25) is 5.10 Å². The number of halogens is 2. The molecule has 2 aromatic carbocycles. The Labute approximate surface area is 202 Å². The quantitative estimate of drug-likeness (QED) is 0.408. The zero-order valence-corrected chi connectivity index (χ0v) is 19.2. The SMILES string of the molecule is COc1ccc(-c2nc3n[nH]c(N)c3c(-c3ccc(N4CCNCC4)cc3)c2C#N)c(F)c1.Cl. The van der Waals surface area contributed by atoms with Gasteiger partial charge in [0.1, 0.15) is 23.5 Å². The van der Waals surface area contributed by atoms with E-state index in [0.717, 1.165) is 37.4 Å². The van der Waals surface area contributed by atoms with Crippen LogP contribution < -0.4 is 20.7 Å². The van der Waals surface area contributed by atoms with Gasteiger partial charge in [0.05, 0.1) is 23.8 Å². The molecule has 3 heterocycles. The fourth-order valence-electron chi connectivity index (χ4n) is 4.25. The van der Waals surface area contributed by atoms with E-state index in [0.29, 0.717) is 28.2 Å². The molecular formula is C24H23ClFN7O. The fourth-order valence-corrected chi connectivity index (χ4v) is 4.25. The monoisotopic (exact) mass is 479 g/mol. The van der Waals surface area contributed by atoms with Gasteiger partial charge in [-0.2, -0.15) is 10.4 Å². The number of aromatic amines is 1. The molecule has 4 aromatic rings. The third kappa shape index (κ3) is 3.98. The van der Waals surface area contributed by atoms with Gasteiger partial charge in [-0.15, -0.1) is 12.4 Å². The van der Waals surface area contributed by atoms with Crippen LogP contribution in [0.5, 0.6) is 5.75 Å². The van der Waals surface area contributed by atoms with E-state index in [2.05, 4.69) is 31.5 Å². The number of pyridine rings is 1.